The fourth-order valence-corrected chi connectivity index (χ4v) is 0.754. The first kappa shape index (κ1) is 13.3. The highest BCUT2D eigenvalue weighted by atomic mass is 79.9. The molecule has 0 aromatic heterocycles. The van der Waals surface area contributed by atoms with Crippen molar-refractivity contribution in [1.82, 2.24) is 0 Å². The summed E-state index contributed by atoms with van der Waals surface area (Å²) in [5.41, 5.74) is 3.18. The van der Waals surface area contributed by atoms with Crippen LogP contribution in [0.15, 0.2) is 0 Å². The Balaban J connectivity index is 0. The van der Waals surface area contributed by atoms with Crippen molar-refractivity contribution in [3.8, 4) is 0 Å². The molecule has 0 saturated carbocycles. The first-order valence-electron chi connectivity index (χ1n) is 2.99. The van der Waals surface area contributed by atoms with Crippen molar-refractivity contribution >= 4 is 26.3 Å². The molecule has 0 aliphatic carbocycles. The maximum Gasteiger partial charge on any atom is 0.121 e. The molecule has 0 aliphatic heterocycles. The van der Waals surface area contributed by atoms with Crippen LogP contribution in [0, 0.1) is 10.8 Å². The van der Waals surface area contributed by atoms with Gasteiger partial charge in [0.1, 0.15) is 10.2 Å². The molecule has 4 nitrogen and oxygen atoms in total. The Morgan fingerprint density at radius 2 is 1.64 bits per heavy atom. The highest BCUT2D eigenvalue weighted by Gasteiger charge is 2.21. The maximum atomic E-state index is 9.06. The predicted molar refractivity (Wildman–Crippen MR) is 50.8 cm³/mol. The van der Waals surface area contributed by atoms with E-state index in [0.717, 1.165) is 0 Å². The predicted octanol–water partition coefficient (Wildman–Crippen LogP) is 0.724. The molecule has 11 heavy (non-hydrogen) atoms. The lowest BCUT2D eigenvalue weighted by molar-refractivity contribution is 0.155. The third-order valence-corrected chi connectivity index (χ3v) is 1.23. The lowest BCUT2D eigenvalue weighted by Crippen LogP contribution is -2.33. The van der Waals surface area contributed by atoms with E-state index in [-0.39, 0.29) is 10.3 Å². The summed E-state index contributed by atoms with van der Waals surface area (Å²) in [6.45, 7) is 2.93. The molecule has 0 unspecified atom stereocenters. The van der Waals surface area contributed by atoms with Gasteiger partial charge in [0, 0.05) is 0 Å². The van der Waals surface area contributed by atoms with Gasteiger partial charge >= 0.3 is 0 Å². The van der Waals surface area contributed by atoms with E-state index in [4.69, 9.17) is 15.9 Å². The van der Waals surface area contributed by atoms with Crippen LogP contribution in [0.5, 0.6) is 0 Å². The van der Waals surface area contributed by atoms with Gasteiger partial charge in [0.25, 0.3) is 0 Å². The Morgan fingerprint density at radius 3 is 1.64 bits per heavy atom. The van der Waals surface area contributed by atoms with Crippen molar-refractivity contribution in [3.63, 3.8) is 0 Å². The topological polar surface area (TPSA) is 94.0 Å². The number of hydrogen-bond donors (Lipinski definition) is 4. The molecule has 0 heterocycles. The van der Waals surface area contributed by atoms with Gasteiger partial charge in [-0.15, -0.1) is 0 Å². The summed E-state index contributed by atoms with van der Waals surface area (Å²) in [5, 5.41) is 23.0. The zero-order valence-corrected chi connectivity index (χ0v) is 8.49. The van der Waals surface area contributed by atoms with E-state index in [9.17, 15) is 0 Å². The molecule has 0 rings (SSSR count). The molecule has 0 amide bonds. The van der Waals surface area contributed by atoms with Crippen LogP contribution in [0.3, 0.4) is 0 Å². The molecule has 0 fully saturated rings. The lowest BCUT2D eigenvalue weighted by Gasteiger charge is -2.15. The highest BCUT2D eigenvalue weighted by molar-refractivity contribution is 9.19. The van der Waals surface area contributed by atoms with Gasteiger partial charge in [-0.25, -0.2) is 0 Å². The number of nitrogens with one attached hydrogen (secondary N) is 2. The van der Waals surface area contributed by atoms with Crippen LogP contribution in [-0.4, -0.2) is 28.1 Å². The van der Waals surface area contributed by atoms with Crippen molar-refractivity contribution in [2.45, 2.75) is 19.4 Å². The molecule has 0 aliphatic rings. The molecule has 0 bridgehead atoms. The molecule has 0 aromatic rings. The minimum absolute atomic E-state index is 0.0741. The Bertz CT molecular complexity index is 150. The van der Waals surface area contributed by atoms with Gasteiger partial charge in [-0.2, -0.15) is 0 Å². The van der Waals surface area contributed by atoms with E-state index in [1.165, 1.54) is 20.9 Å². The van der Waals surface area contributed by atoms with Crippen LogP contribution in [-0.2, 0) is 0 Å². The minimum Gasteiger partial charge on any atom is -0.384 e. The Labute approximate surface area is 74.9 Å². The average Bonchev–Trinajstić information content (AvgIpc) is 1.89. The average molecular weight is 224 g/mol. The van der Waals surface area contributed by atoms with E-state index < -0.39 is 5.60 Å². The number of aliphatic hydroxyl groups is 1. The van der Waals surface area contributed by atoms with Crippen LogP contribution in [0.25, 0.3) is 0 Å². The fourth-order valence-electron chi connectivity index (χ4n) is 0.269. The van der Waals surface area contributed by atoms with Gasteiger partial charge in [-0.3, -0.25) is 10.8 Å². The highest BCUT2D eigenvalue weighted by Crippen LogP contribution is 2.06. The molecule has 0 spiro atoms. The first-order valence-corrected chi connectivity index (χ1v) is 3.78. The molecule has 66 valence electrons. The van der Waals surface area contributed by atoms with Crippen LogP contribution in [0.1, 0.15) is 13.8 Å². The first-order chi connectivity index (χ1) is 4.85. The fraction of sp³-hybridized carbons (Fsp3) is 0.667. The molecular weight excluding hydrogens is 210 g/mol. The monoisotopic (exact) mass is 223 g/mol. The molecule has 0 aromatic carbocycles. The normalized spacial score (nSPS) is 9.64. The summed E-state index contributed by atoms with van der Waals surface area (Å²) in [5.74, 6) is 0. The van der Waals surface area contributed by atoms with Crippen molar-refractivity contribution in [2.24, 2.45) is 5.73 Å². The van der Waals surface area contributed by atoms with Crippen molar-refractivity contribution in [1.29, 1.82) is 10.8 Å². The Hall–Kier alpha value is -0.260. The van der Waals surface area contributed by atoms with Gasteiger partial charge in [0.2, 0.25) is 0 Å². The summed E-state index contributed by atoms with van der Waals surface area (Å²) in [6, 6.07) is 0. The van der Waals surface area contributed by atoms with E-state index in [2.05, 4.69) is 21.7 Å². The third-order valence-electron chi connectivity index (χ3n) is 0.831. The largest absolute Gasteiger partial charge is 0.384 e. The smallest absolute Gasteiger partial charge is 0.121 e. The second-order valence-corrected chi connectivity index (χ2v) is 3.04. The maximum absolute atomic E-state index is 9.06. The number of rotatable bonds is 2. The van der Waals surface area contributed by atoms with Crippen molar-refractivity contribution in [3.05, 3.63) is 0 Å². The zero-order valence-electron chi connectivity index (χ0n) is 6.90. The summed E-state index contributed by atoms with van der Waals surface area (Å²) in [7, 11) is 1.50. The van der Waals surface area contributed by atoms with Gasteiger partial charge in [-0.1, -0.05) is 0 Å². The van der Waals surface area contributed by atoms with Crippen LogP contribution in [0.2, 0.25) is 0 Å². The standard InChI is InChI=1S/C5H9BrN2O.CH5N/c1-5(2,9)3(7)4(6)8;1-2/h7-9H,1-2H3;2H2,1H3. The summed E-state index contributed by atoms with van der Waals surface area (Å²) < 4.78 is -0.0741. The number of nitrogens with two attached hydrogens (primary N) is 1. The Kier molecular flexibility index (Phi) is 6.55. The minimum atomic E-state index is -1.21. The van der Waals surface area contributed by atoms with Gasteiger partial charge < -0.3 is 10.8 Å². The van der Waals surface area contributed by atoms with Crippen LogP contribution >= 0.6 is 15.9 Å². The molecule has 0 radical (unpaired) electrons. The molecule has 0 saturated heterocycles. The van der Waals surface area contributed by atoms with Gasteiger partial charge in [0.05, 0.1) is 5.71 Å². The third kappa shape index (κ3) is 6.15. The van der Waals surface area contributed by atoms with Crippen molar-refractivity contribution in [2.75, 3.05) is 7.05 Å². The van der Waals surface area contributed by atoms with E-state index in [1.54, 1.807) is 0 Å². The van der Waals surface area contributed by atoms with E-state index in [1.807, 2.05) is 0 Å². The number of hydrogen-bond acceptors (Lipinski definition) is 4. The van der Waals surface area contributed by atoms with Gasteiger partial charge in [0.15, 0.2) is 0 Å². The summed E-state index contributed by atoms with van der Waals surface area (Å²) >= 11 is 2.77. The quantitative estimate of drug-likeness (QED) is 0.520. The molecule has 5 heteroatoms. The summed E-state index contributed by atoms with van der Waals surface area (Å²) in [4.78, 5) is 0. The second kappa shape index (κ2) is 5.40. The molecule has 0 atom stereocenters. The summed E-state index contributed by atoms with van der Waals surface area (Å²) in [6.07, 6.45) is 0. The van der Waals surface area contributed by atoms with Crippen molar-refractivity contribution < 1.29 is 5.11 Å². The van der Waals surface area contributed by atoms with Crippen LogP contribution < -0.4 is 5.73 Å². The lowest BCUT2D eigenvalue weighted by atomic mass is 10.0. The molecule has 5 N–H and O–H groups in total. The zero-order chi connectivity index (χ0) is 9.65. The number of halogens is 1. The van der Waals surface area contributed by atoms with E-state index >= 15 is 0 Å². The van der Waals surface area contributed by atoms with E-state index in [0.29, 0.717) is 0 Å². The second-order valence-electron chi connectivity index (χ2n) is 2.25. The van der Waals surface area contributed by atoms with Gasteiger partial charge in [-0.05, 0) is 36.8 Å². The van der Waals surface area contributed by atoms with Crippen LogP contribution in [0.4, 0.5) is 0 Å². The molecular formula is C6H14BrN3O. The SMILES string of the molecule is CC(C)(O)C(=N)C(=N)Br.CN. The Morgan fingerprint density at radius 1 is 1.36 bits per heavy atom.